The average molecular weight is 308 g/mol. The van der Waals surface area contributed by atoms with Crippen molar-refractivity contribution in [2.24, 2.45) is 0 Å². The van der Waals surface area contributed by atoms with Gasteiger partial charge < -0.3 is 9.84 Å². The number of aliphatic hydroxyl groups excluding tert-OH is 1. The normalized spacial score (nSPS) is 12.2. The van der Waals surface area contributed by atoms with E-state index in [0.717, 1.165) is 12.1 Å². The van der Waals surface area contributed by atoms with Gasteiger partial charge in [-0.1, -0.05) is 17.7 Å². The first-order valence-corrected chi connectivity index (χ1v) is 6.22. The lowest BCUT2D eigenvalue weighted by Crippen LogP contribution is -2.27. The smallest absolute Gasteiger partial charge is 0.412 e. The maximum atomic E-state index is 13.4. The fourth-order valence-electron chi connectivity index (χ4n) is 1.35. The minimum Gasteiger partial charge on any atom is -0.444 e. The summed E-state index contributed by atoms with van der Waals surface area (Å²) in [6.07, 6.45) is -0.802. The fourth-order valence-corrected chi connectivity index (χ4v) is 1.52. The van der Waals surface area contributed by atoms with E-state index in [1.54, 1.807) is 20.8 Å². The maximum Gasteiger partial charge on any atom is 0.412 e. The van der Waals surface area contributed by atoms with Crippen molar-refractivity contribution in [3.8, 4) is 0 Å². The van der Waals surface area contributed by atoms with E-state index in [1.165, 1.54) is 6.07 Å². The van der Waals surface area contributed by atoms with Crippen LogP contribution in [0.25, 0.3) is 0 Å². The summed E-state index contributed by atoms with van der Waals surface area (Å²) in [5, 5.41) is 11.0. The molecule has 2 N–H and O–H groups in total. The van der Waals surface area contributed by atoms with Crippen molar-refractivity contribution < 1.29 is 23.4 Å². The molecule has 0 aliphatic carbocycles. The summed E-state index contributed by atoms with van der Waals surface area (Å²) >= 11 is 5.83. The van der Waals surface area contributed by atoms with E-state index in [4.69, 9.17) is 21.4 Å². The van der Waals surface area contributed by atoms with Crippen molar-refractivity contribution >= 4 is 23.4 Å². The number of nitrogens with one attached hydrogen (secondary N) is 1. The zero-order valence-electron chi connectivity index (χ0n) is 11.3. The molecule has 1 rings (SSSR count). The van der Waals surface area contributed by atoms with Gasteiger partial charge in [-0.25, -0.2) is 4.79 Å². The molecule has 7 heteroatoms. The molecule has 0 spiro atoms. The summed E-state index contributed by atoms with van der Waals surface area (Å²) in [4.78, 5) is 11.6. The average Bonchev–Trinajstić information content (AvgIpc) is 2.29. The van der Waals surface area contributed by atoms with Crippen LogP contribution in [0.5, 0.6) is 0 Å². The molecule has 0 fully saturated rings. The number of benzene rings is 1. The van der Waals surface area contributed by atoms with Gasteiger partial charge in [-0.3, -0.25) is 5.32 Å². The number of alkyl halides is 2. The van der Waals surface area contributed by atoms with Crippen LogP contribution < -0.4 is 5.32 Å². The van der Waals surface area contributed by atoms with Gasteiger partial charge >= 0.3 is 6.09 Å². The Hall–Kier alpha value is -1.40. The van der Waals surface area contributed by atoms with Crippen LogP contribution in [-0.4, -0.2) is 23.4 Å². The Morgan fingerprint density at radius 2 is 2.00 bits per heavy atom. The molecule has 112 valence electrons. The van der Waals surface area contributed by atoms with Gasteiger partial charge in [0.25, 0.3) is 5.92 Å². The predicted octanol–water partition coefficient (Wildman–Crippen LogP) is 3.77. The number of hydrogen-bond donors (Lipinski definition) is 2. The van der Waals surface area contributed by atoms with Gasteiger partial charge in [0, 0.05) is 5.56 Å². The quantitative estimate of drug-likeness (QED) is 0.893. The van der Waals surface area contributed by atoms with Crippen molar-refractivity contribution in [3.63, 3.8) is 0 Å². The van der Waals surface area contributed by atoms with Crippen LogP contribution in [0.2, 0.25) is 5.02 Å². The summed E-state index contributed by atoms with van der Waals surface area (Å²) < 4.78 is 31.7. The minimum absolute atomic E-state index is 0.00783. The summed E-state index contributed by atoms with van der Waals surface area (Å²) in [5.41, 5.74) is -1.18. The second-order valence-electron chi connectivity index (χ2n) is 5.18. The van der Waals surface area contributed by atoms with Crippen molar-refractivity contribution in [3.05, 3.63) is 28.8 Å². The summed E-state index contributed by atoms with van der Waals surface area (Å²) in [6.45, 7) is 3.68. The zero-order valence-corrected chi connectivity index (χ0v) is 12.1. The molecule has 0 unspecified atom stereocenters. The van der Waals surface area contributed by atoms with Crippen LogP contribution >= 0.6 is 11.6 Å². The lowest BCUT2D eigenvalue weighted by Gasteiger charge is -2.20. The number of ether oxygens (including phenoxy) is 1. The Kier molecular flexibility index (Phi) is 4.94. The van der Waals surface area contributed by atoms with Crippen LogP contribution in [-0.2, 0) is 10.7 Å². The summed E-state index contributed by atoms with van der Waals surface area (Å²) in [5.74, 6) is -3.41. The lowest BCUT2D eigenvalue weighted by molar-refractivity contribution is -0.0555. The highest BCUT2D eigenvalue weighted by atomic mass is 35.5. The lowest BCUT2D eigenvalue weighted by atomic mass is 10.1. The van der Waals surface area contributed by atoms with Gasteiger partial charge in [0.05, 0.1) is 10.7 Å². The molecule has 0 aromatic heterocycles. The van der Waals surface area contributed by atoms with E-state index in [-0.39, 0.29) is 10.7 Å². The van der Waals surface area contributed by atoms with Crippen molar-refractivity contribution in [2.45, 2.75) is 32.3 Å². The Balaban J connectivity index is 2.96. The van der Waals surface area contributed by atoms with Crippen LogP contribution in [0.1, 0.15) is 26.3 Å². The third-order valence-electron chi connectivity index (χ3n) is 2.22. The molecule has 20 heavy (non-hydrogen) atoms. The third kappa shape index (κ3) is 4.61. The second kappa shape index (κ2) is 5.93. The molecule has 0 bridgehead atoms. The van der Waals surface area contributed by atoms with Gasteiger partial charge in [-0.15, -0.1) is 0 Å². The molecule has 1 aromatic rings. The molecule has 1 amide bonds. The molecule has 0 saturated carbocycles. The minimum atomic E-state index is -3.41. The standard InChI is InChI=1S/C13H16ClF2NO3/c1-12(2,3)20-11(19)17-10-6-8(4-5-9(10)14)13(15,16)7-18/h4-6,18H,7H2,1-3H3,(H,17,19). The van der Waals surface area contributed by atoms with E-state index < -0.39 is 29.8 Å². The molecule has 0 saturated heterocycles. The van der Waals surface area contributed by atoms with Gasteiger partial charge in [-0.2, -0.15) is 8.78 Å². The van der Waals surface area contributed by atoms with Crippen LogP contribution in [0.15, 0.2) is 18.2 Å². The highest BCUT2D eigenvalue weighted by Crippen LogP contribution is 2.32. The monoisotopic (exact) mass is 307 g/mol. The third-order valence-corrected chi connectivity index (χ3v) is 2.55. The van der Waals surface area contributed by atoms with E-state index in [0.29, 0.717) is 0 Å². The molecule has 0 aliphatic heterocycles. The van der Waals surface area contributed by atoms with Crippen LogP contribution in [0, 0.1) is 0 Å². The Bertz CT molecular complexity index is 501. The van der Waals surface area contributed by atoms with Crippen LogP contribution in [0.3, 0.4) is 0 Å². The fraction of sp³-hybridized carbons (Fsp3) is 0.462. The molecule has 0 heterocycles. The van der Waals surface area contributed by atoms with E-state index in [1.807, 2.05) is 0 Å². The SMILES string of the molecule is CC(C)(C)OC(=O)Nc1cc(C(F)(F)CO)ccc1Cl. The van der Waals surface area contributed by atoms with Gasteiger partial charge in [0.1, 0.15) is 12.2 Å². The number of amides is 1. The number of rotatable bonds is 3. The molecule has 0 radical (unpaired) electrons. The highest BCUT2D eigenvalue weighted by molar-refractivity contribution is 6.33. The van der Waals surface area contributed by atoms with Gasteiger partial charge in [-0.05, 0) is 32.9 Å². The molecule has 1 aromatic carbocycles. The van der Waals surface area contributed by atoms with Gasteiger partial charge in [0.15, 0.2) is 0 Å². The number of carbonyl (C=O) groups excluding carboxylic acids is 1. The highest BCUT2D eigenvalue weighted by Gasteiger charge is 2.31. The molecule has 4 nitrogen and oxygen atoms in total. The van der Waals surface area contributed by atoms with E-state index in [9.17, 15) is 13.6 Å². The molecule has 0 atom stereocenters. The van der Waals surface area contributed by atoms with Crippen molar-refractivity contribution in [1.29, 1.82) is 0 Å². The zero-order chi connectivity index (χ0) is 15.6. The largest absolute Gasteiger partial charge is 0.444 e. The Morgan fingerprint density at radius 1 is 1.40 bits per heavy atom. The number of hydrogen-bond acceptors (Lipinski definition) is 3. The van der Waals surface area contributed by atoms with E-state index >= 15 is 0 Å². The second-order valence-corrected chi connectivity index (χ2v) is 5.59. The molecular weight excluding hydrogens is 292 g/mol. The summed E-state index contributed by atoms with van der Waals surface area (Å²) in [6, 6.07) is 3.30. The topological polar surface area (TPSA) is 58.6 Å². The first-order valence-electron chi connectivity index (χ1n) is 5.84. The van der Waals surface area contributed by atoms with Crippen molar-refractivity contribution in [2.75, 3.05) is 11.9 Å². The van der Waals surface area contributed by atoms with Crippen LogP contribution in [0.4, 0.5) is 19.3 Å². The molecule has 0 aliphatic rings. The Labute approximate surface area is 120 Å². The van der Waals surface area contributed by atoms with Gasteiger partial charge in [0.2, 0.25) is 0 Å². The number of aliphatic hydroxyl groups is 1. The van der Waals surface area contributed by atoms with E-state index in [2.05, 4.69) is 5.32 Å². The predicted molar refractivity (Wildman–Crippen MR) is 72.3 cm³/mol. The first kappa shape index (κ1) is 16.7. The van der Waals surface area contributed by atoms with Crippen molar-refractivity contribution in [1.82, 2.24) is 0 Å². The maximum absolute atomic E-state index is 13.4. The summed E-state index contributed by atoms with van der Waals surface area (Å²) in [7, 11) is 0. The molecular formula is C13H16ClF2NO3. The first-order chi connectivity index (χ1) is 9.05. The number of anilines is 1. The number of halogens is 3. The number of carbonyl (C=O) groups is 1. The Morgan fingerprint density at radius 3 is 2.50 bits per heavy atom.